The number of aromatic nitrogens is 1. The fraction of sp³-hybridized carbons (Fsp3) is 0.750. The molecule has 0 bridgehead atoms. The zero-order valence-electron chi connectivity index (χ0n) is 10.6. The summed E-state index contributed by atoms with van der Waals surface area (Å²) in [6.45, 7) is 9.66. The SMILES string of the molecule is CCc1ncc(CNCC(O)C(C)(C)C)s1. The van der Waals surface area contributed by atoms with Crippen molar-refractivity contribution in [3.8, 4) is 0 Å². The molecule has 1 unspecified atom stereocenters. The van der Waals surface area contributed by atoms with Crippen molar-refractivity contribution >= 4 is 11.3 Å². The molecule has 0 radical (unpaired) electrons. The minimum Gasteiger partial charge on any atom is -0.391 e. The first-order valence-corrected chi connectivity index (χ1v) is 6.57. The molecule has 1 rings (SSSR count). The standard InChI is InChI=1S/C12H22N2OS/c1-5-11-14-7-9(16-11)6-13-8-10(15)12(2,3)4/h7,10,13,15H,5-6,8H2,1-4H3. The van der Waals surface area contributed by atoms with Crippen LogP contribution in [-0.2, 0) is 13.0 Å². The van der Waals surface area contributed by atoms with Crippen LogP contribution in [0.2, 0.25) is 0 Å². The third-order valence-electron chi connectivity index (χ3n) is 2.54. The molecule has 1 aromatic heterocycles. The third kappa shape index (κ3) is 4.20. The summed E-state index contributed by atoms with van der Waals surface area (Å²) in [5, 5.41) is 14.3. The van der Waals surface area contributed by atoms with Crippen molar-refractivity contribution in [1.29, 1.82) is 0 Å². The van der Waals surface area contributed by atoms with Crippen LogP contribution in [0.15, 0.2) is 6.20 Å². The van der Waals surface area contributed by atoms with Crippen molar-refractivity contribution in [2.24, 2.45) is 5.41 Å². The Balaban J connectivity index is 2.30. The Morgan fingerprint density at radius 2 is 2.19 bits per heavy atom. The Bertz CT molecular complexity index is 317. The Labute approximate surface area is 102 Å². The van der Waals surface area contributed by atoms with Gasteiger partial charge in [0.05, 0.1) is 11.1 Å². The molecule has 0 aliphatic carbocycles. The molecule has 3 nitrogen and oxygen atoms in total. The Morgan fingerprint density at radius 1 is 1.50 bits per heavy atom. The van der Waals surface area contributed by atoms with Gasteiger partial charge in [-0.1, -0.05) is 27.7 Å². The van der Waals surface area contributed by atoms with Crippen molar-refractivity contribution in [2.45, 2.75) is 46.8 Å². The number of aryl methyl sites for hydroxylation is 1. The van der Waals surface area contributed by atoms with E-state index in [2.05, 4.69) is 17.2 Å². The van der Waals surface area contributed by atoms with Gasteiger partial charge in [0.15, 0.2) is 0 Å². The maximum absolute atomic E-state index is 9.84. The predicted octanol–water partition coefficient (Wildman–Crippen LogP) is 2.20. The van der Waals surface area contributed by atoms with Gasteiger partial charge in [0.2, 0.25) is 0 Å². The van der Waals surface area contributed by atoms with Gasteiger partial charge in [-0.15, -0.1) is 11.3 Å². The fourth-order valence-electron chi connectivity index (χ4n) is 1.23. The first kappa shape index (κ1) is 13.6. The molecule has 1 heterocycles. The molecule has 0 fully saturated rings. The van der Waals surface area contributed by atoms with Crippen LogP contribution in [0.25, 0.3) is 0 Å². The lowest BCUT2D eigenvalue weighted by Gasteiger charge is -2.25. The maximum Gasteiger partial charge on any atom is 0.0925 e. The molecule has 0 saturated carbocycles. The first-order valence-electron chi connectivity index (χ1n) is 5.76. The van der Waals surface area contributed by atoms with Crippen molar-refractivity contribution in [1.82, 2.24) is 10.3 Å². The first-order chi connectivity index (χ1) is 7.43. The summed E-state index contributed by atoms with van der Waals surface area (Å²) >= 11 is 1.74. The van der Waals surface area contributed by atoms with Crippen molar-refractivity contribution in [3.63, 3.8) is 0 Å². The Kier molecular flexibility index (Phi) is 4.89. The zero-order valence-corrected chi connectivity index (χ0v) is 11.4. The van der Waals surface area contributed by atoms with Crippen LogP contribution in [0.1, 0.15) is 37.6 Å². The normalized spacial score (nSPS) is 14.1. The number of nitrogens with zero attached hydrogens (tertiary/aromatic N) is 1. The molecular weight excluding hydrogens is 220 g/mol. The van der Waals surface area contributed by atoms with E-state index < -0.39 is 0 Å². The summed E-state index contributed by atoms with van der Waals surface area (Å²) in [6, 6.07) is 0. The molecule has 2 N–H and O–H groups in total. The van der Waals surface area contributed by atoms with Gasteiger partial charge in [-0.2, -0.15) is 0 Å². The highest BCUT2D eigenvalue weighted by Crippen LogP contribution is 2.18. The van der Waals surface area contributed by atoms with E-state index in [1.165, 1.54) is 9.88 Å². The quantitative estimate of drug-likeness (QED) is 0.832. The highest BCUT2D eigenvalue weighted by atomic mass is 32.1. The molecule has 0 aromatic carbocycles. The molecular formula is C12H22N2OS. The van der Waals surface area contributed by atoms with E-state index in [9.17, 15) is 5.11 Å². The molecule has 0 amide bonds. The predicted molar refractivity (Wildman–Crippen MR) is 68.7 cm³/mol. The summed E-state index contributed by atoms with van der Waals surface area (Å²) in [4.78, 5) is 5.53. The lowest BCUT2D eigenvalue weighted by Crippen LogP contribution is -2.36. The molecule has 16 heavy (non-hydrogen) atoms. The summed E-state index contributed by atoms with van der Waals surface area (Å²) in [6.07, 6.45) is 2.60. The summed E-state index contributed by atoms with van der Waals surface area (Å²) in [5.41, 5.74) is -0.0602. The molecule has 0 saturated heterocycles. The van der Waals surface area contributed by atoms with Crippen LogP contribution in [0.4, 0.5) is 0 Å². The number of thiazole rings is 1. The largest absolute Gasteiger partial charge is 0.391 e. The molecule has 1 aromatic rings. The van der Waals surface area contributed by atoms with Gasteiger partial charge < -0.3 is 10.4 Å². The maximum atomic E-state index is 9.84. The van der Waals surface area contributed by atoms with Crippen LogP contribution < -0.4 is 5.32 Å². The number of nitrogens with one attached hydrogen (secondary N) is 1. The second-order valence-electron chi connectivity index (χ2n) is 5.09. The van der Waals surface area contributed by atoms with Crippen LogP contribution in [-0.4, -0.2) is 22.7 Å². The molecule has 0 spiro atoms. The van der Waals surface area contributed by atoms with Crippen molar-refractivity contribution in [3.05, 3.63) is 16.1 Å². The minimum absolute atomic E-state index is 0.0602. The number of aliphatic hydroxyl groups excluding tert-OH is 1. The molecule has 92 valence electrons. The molecule has 0 aliphatic heterocycles. The van der Waals surface area contributed by atoms with Gasteiger partial charge in [0.1, 0.15) is 0 Å². The van der Waals surface area contributed by atoms with E-state index in [1.807, 2.05) is 27.0 Å². The number of hydrogen-bond donors (Lipinski definition) is 2. The van der Waals surface area contributed by atoms with Gasteiger partial charge in [0, 0.05) is 24.2 Å². The van der Waals surface area contributed by atoms with E-state index in [1.54, 1.807) is 11.3 Å². The van der Waals surface area contributed by atoms with Gasteiger partial charge in [-0.25, -0.2) is 4.98 Å². The number of aliphatic hydroxyl groups is 1. The van der Waals surface area contributed by atoms with Gasteiger partial charge in [0.25, 0.3) is 0 Å². The van der Waals surface area contributed by atoms with Crippen LogP contribution >= 0.6 is 11.3 Å². The average molecular weight is 242 g/mol. The van der Waals surface area contributed by atoms with E-state index in [0.29, 0.717) is 6.54 Å². The smallest absolute Gasteiger partial charge is 0.0925 e. The second kappa shape index (κ2) is 5.75. The van der Waals surface area contributed by atoms with Crippen LogP contribution in [0, 0.1) is 5.41 Å². The topological polar surface area (TPSA) is 45.2 Å². The third-order valence-corrected chi connectivity index (χ3v) is 3.68. The van der Waals surface area contributed by atoms with E-state index in [4.69, 9.17) is 0 Å². The fourth-order valence-corrected chi connectivity index (χ4v) is 2.06. The molecule has 4 heteroatoms. The van der Waals surface area contributed by atoms with E-state index >= 15 is 0 Å². The monoisotopic (exact) mass is 242 g/mol. The lowest BCUT2D eigenvalue weighted by molar-refractivity contribution is 0.0628. The van der Waals surface area contributed by atoms with Crippen LogP contribution in [0.5, 0.6) is 0 Å². The summed E-state index contributed by atoms with van der Waals surface area (Å²) in [7, 11) is 0. The molecule has 1 atom stereocenters. The van der Waals surface area contributed by atoms with Crippen molar-refractivity contribution < 1.29 is 5.11 Å². The van der Waals surface area contributed by atoms with Gasteiger partial charge in [-0.3, -0.25) is 0 Å². The number of hydrogen-bond acceptors (Lipinski definition) is 4. The van der Waals surface area contributed by atoms with E-state index in [-0.39, 0.29) is 11.5 Å². The summed E-state index contributed by atoms with van der Waals surface area (Å²) in [5.74, 6) is 0. The highest BCUT2D eigenvalue weighted by Gasteiger charge is 2.21. The minimum atomic E-state index is -0.314. The summed E-state index contributed by atoms with van der Waals surface area (Å²) < 4.78 is 0. The van der Waals surface area contributed by atoms with Crippen LogP contribution in [0.3, 0.4) is 0 Å². The zero-order chi connectivity index (χ0) is 12.2. The van der Waals surface area contributed by atoms with Gasteiger partial charge >= 0.3 is 0 Å². The second-order valence-corrected chi connectivity index (χ2v) is 6.29. The van der Waals surface area contributed by atoms with Crippen molar-refractivity contribution in [2.75, 3.05) is 6.54 Å². The highest BCUT2D eigenvalue weighted by molar-refractivity contribution is 7.11. The lowest BCUT2D eigenvalue weighted by atomic mass is 9.89. The van der Waals surface area contributed by atoms with Gasteiger partial charge in [-0.05, 0) is 11.8 Å². The molecule has 0 aliphatic rings. The Morgan fingerprint density at radius 3 is 2.69 bits per heavy atom. The average Bonchev–Trinajstić information content (AvgIpc) is 2.64. The number of rotatable bonds is 5. The Hall–Kier alpha value is -0.450. The van der Waals surface area contributed by atoms with E-state index in [0.717, 1.165) is 13.0 Å².